The van der Waals surface area contributed by atoms with Crippen molar-refractivity contribution in [3.8, 4) is 0 Å². The zero-order chi connectivity index (χ0) is 19.9. The summed E-state index contributed by atoms with van der Waals surface area (Å²) in [6, 6.07) is 13.8. The molecule has 0 fully saturated rings. The molecule has 0 N–H and O–H groups in total. The van der Waals surface area contributed by atoms with Gasteiger partial charge in [0.15, 0.2) is 0 Å². The third-order valence-corrected chi connectivity index (χ3v) is 6.14. The molecule has 2 aromatic rings. The summed E-state index contributed by atoms with van der Waals surface area (Å²) in [5, 5.41) is 0. The van der Waals surface area contributed by atoms with Crippen LogP contribution in [0.1, 0.15) is 13.8 Å². The normalized spacial score (nSPS) is 11.4. The second kappa shape index (κ2) is 9.73. The van der Waals surface area contributed by atoms with Crippen LogP contribution in [-0.4, -0.2) is 49.2 Å². The lowest BCUT2D eigenvalue weighted by molar-refractivity contribution is 0.140. The monoisotopic (exact) mass is 392 g/mol. The summed E-state index contributed by atoms with van der Waals surface area (Å²) in [5.41, 5.74) is 1.85. The summed E-state index contributed by atoms with van der Waals surface area (Å²) in [6.07, 6.45) is 0. The van der Waals surface area contributed by atoms with Crippen LogP contribution < -0.4 is 9.80 Å². The van der Waals surface area contributed by atoms with E-state index >= 15 is 0 Å². The van der Waals surface area contributed by atoms with E-state index < -0.39 is 9.84 Å². The first-order valence-electron chi connectivity index (χ1n) is 8.90. The number of anilines is 2. The standard InChI is InChI=1S/C20H28N2O4S/c1-5-21(6-2)17-7-11-19(12-8-17)27(23,24)20-13-9-18(10-14-20)22(15-25-3)16-26-4/h7-14H,5-6,15-16H2,1-4H3. The molecule has 148 valence electrons. The predicted octanol–water partition coefficient (Wildman–Crippen LogP) is 3.38. The van der Waals surface area contributed by atoms with Gasteiger partial charge in [-0.1, -0.05) is 0 Å². The molecule has 0 aliphatic carbocycles. The van der Waals surface area contributed by atoms with Gasteiger partial charge >= 0.3 is 0 Å². The number of sulfone groups is 1. The average Bonchev–Trinajstić information content (AvgIpc) is 2.69. The van der Waals surface area contributed by atoms with Crippen molar-refractivity contribution in [1.82, 2.24) is 0 Å². The van der Waals surface area contributed by atoms with Gasteiger partial charge in [-0.25, -0.2) is 8.42 Å². The number of methoxy groups -OCH3 is 2. The molecular formula is C20H28N2O4S. The number of nitrogens with zero attached hydrogens (tertiary/aromatic N) is 2. The van der Waals surface area contributed by atoms with Crippen LogP contribution in [0.15, 0.2) is 58.3 Å². The maximum atomic E-state index is 12.9. The maximum Gasteiger partial charge on any atom is 0.206 e. The molecule has 0 spiro atoms. The van der Waals surface area contributed by atoms with Gasteiger partial charge in [0.1, 0.15) is 13.5 Å². The van der Waals surface area contributed by atoms with Crippen LogP contribution in [0, 0.1) is 0 Å². The molecular weight excluding hydrogens is 364 g/mol. The maximum absolute atomic E-state index is 12.9. The van der Waals surface area contributed by atoms with E-state index in [-0.39, 0.29) is 9.79 Å². The second-order valence-corrected chi connectivity index (χ2v) is 7.99. The summed E-state index contributed by atoms with van der Waals surface area (Å²) >= 11 is 0. The van der Waals surface area contributed by atoms with Crippen molar-refractivity contribution < 1.29 is 17.9 Å². The molecule has 0 atom stereocenters. The first kappa shape index (κ1) is 21.2. The van der Waals surface area contributed by atoms with Crippen molar-refractivity contribution in [1.29, 1.82) is 0 Å². The Morgan fingerprint density at radius 1 is 0.704 bits per heavy atom. The highest BCUT2D eigenvalue weighted by Crippen LogP contribution is 2.25. The van der Waals surface area contributed by atoms with Gasteiger partial charge in [0, 0.05) is 38.7 Å². The molecule has 0 unspecified atom stereocenters. The fraction of sp³-hybridized carbons (Fsp3) is 0.400. The van der Waals surface area contributed by atoms with Crippen molar-refractivity contribution in [2.45, 2.75) is 23.6 Å². The molecule has 27 heavy (non-hydrogen) atoms. The van der Waals surface area contributed by atoms with Crippen molar-refractivity contribution in [2.75, 3.05) is 50.6 Å². The van der Waals surface area contributed by atoms with Crippen LogP contribution in [0.5, 0.6) is 0 Å². The fourth-order valence-corrected chi connectivity index (χ4v) is 4.16. The lowest BCUT2D eigenvalue weighted by atomic mass is 10.3. The first-order valence-corrected chi connectivity index (χ1v) is 10.4. The Morgan fingerprint density at radius 3 is 1.41 bits per heavy atom. The van der Waals surface area contributed by atoms with E-state index in [9.17, 15) is 8.42 Å². The highest BCUT2D eigenvalue weighted by atomic mass is 32.2. The molecule has 0 bridgehead atoms. The van der Waals surface area contributed by atoms with Crippen molar-refractivity contribution in [3.63, 3.8) is 0 Å². The molecule has 0 saturated carbocycles. The zero-order valence-corrected chi connectivity index (χ0v) is 17.2. The summed E-state index contributed by atoms with van der Waals surface area (Å²) in [7, 11) is -0.360. The SMILES string of the molecule is CCN(CC)c1ccc(S(=O)(=O)c2ccc(N(COC)COC)cc2)cc1. The van der Waals surface area contributed by atoms with Gasteiger partial charge in [-0.05, 0) is 62.4 Å². The Bertz CT molecular complexity index is 795. The molecule has 0 aromatic heterocycles. The third-order valence-electron chi connectivity index (χ3n) is 4.36. The van der Waals surface area contributed by atoms with Gasteiger partial charge in [-0.15, -0.1) is 0 Å². The van der Waals surface area contributed by atoms with Crippen molar-refractivity contribution in [3.05, 3.63) is 48.5 Å². The second-order valence-electron chi connectivity index (χ2n) is 6.04. The number of benzene rings is 2. The van der Waals surface area contributed by atoms with Crippen LogP contribution in [0.2, 0.25) is 0 Å². The first-order chi connectivity index (χ1) is 13.0. The Morgan fingerprint density at radius 2 is 1.07 bits per heavy atom. The number of hydrogen-bond acceptors (Lipinski definition) is 6. The number of rotatable bonds is 10. The molecule has 0 radical (unpaired) electrons. The van der Waals surface area contributed by atoms with E-state index in [1.807, 2.05) is 17.0 Å². The molecule has 6 nitrogen and oxygen atoms in total. The van der Waals surface area contributed by atoms with E-state index in [0.29, 0.717) is 13.5 Å². The highest BCUT2D eigenvalue weighted by Gasteiger charge is 2.18. The van der Waals surface area contributed by atoms with Crippen LogP contribution >= 0.6 is 0 Å². The average molecular weight is 393 g/mol. The third kappa shape index (κ3) is 5.00. The van der Waals surface area contributed by atoms with Gasteiger partial charge < -0.3 is 19.3 Å². The van der Waals surface area contributed by atoms with E-state index in [2.05, 4.69) is 18.7 Å². The van der Waals surface area contributed by atoms with Gasteiger partial charge in [0.05, 0.1) is 9.79 Å². The van der Waals surface area contributed by atoms with Crippen LogP contribution in [0.4, 0.5) is 11.4 Å². The van der Waals surface area contributed by atoms with Gasteiger partial charge in [0.2, 0.25) is 9.84 Å². The molecule has 7 heteroatoms. The van der Waals surface area contributed by atoms with E-state index in [4.69, 9.17) is 9.47 Å². The quantitative estimate of drug-likeness (QED) is 0.578. The molecule has 2 aromatic carbocycles. The van der Waals surface area contributed by atoms with Gasteiger partial charge in [-0.2, -0.15) is 0 Å². The fourth-order valence-electron chi connectivity index (χ4n) is 2.90. The zero-order valence-electron chi connectivity index (χ0n) is 16.4. The Labute approximate surface area is 162 Å². The summed E-state index contributed by atoms with van der Waals surface area (Å²) in [6.45, 7) is 6.62. The van der Waals surface area contributed by atoms with Gasteiger partial charge in [0.25, 0.3) is 0 Å². The topological polar surface area (TPSA) is 59.1 Å². The molecule has 2 rings (SSSR count). The van der Waals surface area contributed by atoms with Crippen LogP contribution in [0.25, 0.3) is 0 Å². The Hall–Kier alpha value is -2.09. The van der Waals surface area contributed by atoms with Crippen LogP contribution in [0.3, 0.4) is 0 Å². The molecule has 0 aliphatic rings. The molecule has 0 amide bonds. The number of ether oxygens (including phenoxy) is 2. The van der Waals surface area contributed by atoms with E-state index in [1.54, 1.807) is 50.6 Å². The Kier molecular flexibility index (Phi) is 7.65. The van der Waals surface area contributed by atoms with Crippen molar-refractivity contribution in [2.24, 2.45) is 0 Å². The lowest BCUT2D eigenvalue weighted by Gasteiger charge is -2.23. The summed E-state index contributed by atoms with van der Waals surface area (Å²) in [4.78, 5) is 4.58. The minimum Gasteiger partial charge on any atom is -0.372 e. The largest absolute Gasteiger partial charge is 0.372 e. The van der Waals surface area contributed by atoms with Gasteiger partial charge in [-0.3, -0.25) is 0 Å². The minimum absolute atomic E-state index is 0.261. The molecule has 0 saturated heterocycles. The highest BCUT2D eigenvalue weighted by molar-refractivity contribution is 7.91. The minimum atomic E-state index is -3.56. The van der Waals surface area contributed by atoms with Crippen LogP contribution in [-0.2, 0) is 19.3 Å². The molecule has 0 heterocycles. The number of hydrogen-bond donors (Lipinski definition) is 0. The summed E-state index contributed by atoms with van der Waals surface area (Å²) in [5.74, 6) is 0. The molecule has 0 aliphatic heterocycles. The Balaban J connectivity index is 2.26. The lowest BCUT2D eigenvalue weighted by Crippen LogP contribution is -2.27. The van der Waals surface area contributed by atoms with E-state index in [0.717, 1.165) is 24.5 Å². The van der Waals surface area contributed by atoms with E-state index in [1.165, 1.54) is 0 Å². The smallest absolute Gasteiger partial charge is 0.206 e. The summed E-state index contributed by atoms with van der Waals surface area (Å²) < 4.78 is 36.1. The predicted molar refractivity (Wildman–Crippen MR) is 108 cm³/mol. The van der Waals surface area contributed by atoms with Crippen molar-refractivity contribution >= 4 is 21.2 Å².